The van der Waals surface area contributed by atoms with Gasteiger partial charge in [-0.1, -0.05) is 12.1 Å². The number of amides is 3. The third-order valence-corrected chi connectivity index (χ3v) is 3.82. The van der Waals surface area contributed by atoms with Crippen LogP contribution in [0.25, 0.3) is 0 Å². The van der Waals surface area contributed by atoms with Crippen LogP contribution in [-0.4, -0.2) is 35.3 Å². The summed E-state index contributed by atoms with van der Waals surface area (Å²) >= 11 is 0. The molecule has 0 bridgehead atoms. The quantitative estimate of drug-likeness (QED) is 0.777. The van der Waals surface area contributed by atoms with Crippen LogP contribution in [0.4, 0.5) is 0 Å². The van der Waals surface area contributed by atoms with E-state index >= 15 is 0 Å². The molecule has 2 rings (SSSR count). The van der Waals surface area contributed by atoms with Crippen LogP contribution in [0, 0.1) is 0 Å². The summed E-state index contributed by atoms with van der Waals surface area (Å²) in [5.74, 6) is 0.181. The number of nitrogens with one attached hydrogen (secondary N) is 1. The van der Waals surface area contributed by atoms with Gasteiger partial charge in [0.1, 0.15) is 5.75 Å². The lowest BCUT2D eigenvalue weighted by atomic mass is 10.1. The minimum absolute atomic E-state index is 0.0840. The Bertz CT molecular complexity index is 611. The molecule has 130 valence electrons. The molecule has 1 aromatic carbocycles. The van der Waals surface area contributed by atoms with Gasteiger partial charge in [0.2, 0.25) is 17.7 Å². The number of hydrogen-bond acceptors (Lipinski definition) is 4. The van der Waals surface area contributed by atoms with Gasteiger partial charge in [-0.15, -0.1) is 0 Å². The minimum Gasteiger partial charge on any atom is -0.491 e. The van der Waals surface area contributed by atoms with E-state index in [1.54, 1.807) is 0 Å². The Kier molecular flexibility index (Phi) is 5.95. The predicted molar refractivity (Wildman–Crippen MR) is 89.3 cm³/mol. The van der Waals surface area contributed by atoms with E-state index in [9.17, 15) is 14.4 Å². The number of likely N-dealkylation sites (tertiary alicyclic amines) is 1. The summed E-state index contributed by atoms with van der Waals surface area (Å²) in [6.07, 6.45) is 0.698. The van der Waals surface area contributed by atoms with E-state index in [-0.39, 0.29) is 55.7 Å². The van der Waals surface area contributed by atoms with Crippen molar-refractivity contribution in [1.29, 1.82) is 0 Å². The molecule has 6 heteroatoms. The number of carbonyl (C=O) groups is 3. The Morgan fingerprint density at radius 2 is 1.88 bits per heavy atom. The normalized spacial score (nSPS) is 15.8. The van der Waals surface area contributed by atoms with Crippen molar-refractivity contribution in [2.24, 2.45) is 0 Å². The molecule has 0 aromatic heterocycles. The molecule has 0 aliphatic carbocycles. The Hall–Kier alpha value is -2.37. The Morgan fingerprint density at radius 3 is 2.50 bits per heavy atom. The number of benzene rings is 1. The van der Waals surface area contributed by atoms with E-state index in [1.165, 1.54) is 4.90 Å². The molecule has 0 saturated carbocycles. The summed E-state index contributed by atoms with van der Waals surface area (Å²) in [5, 5.41) is 2.89. The van der Waals surface area contributed by atoms with Crippen LogP contribution in [-0.2, 0) is 14.4 Å². The fourth-order valence-electron chi connectivity index (χ4n) is 2.61. The fraction of sp³-hybridized carbons (Fsp3) is 0.500. The van der Waals surface area contributed by atoms with Gasteiger partial charge in [-0.2, -0.15) is 0 Å². The van der Waals surface area contributed by atoms with Gasteiger partial charge in [-0.25, -0.2) is 0 Å². The maximum atomic E-state index is 12.1. The lowest BCUT2D eigenvalue weighted by Crippen LogP contribution is -2.34. The molecule has 1 aliphatic rings. The minimum atomic E-state index is -0.195. The van der Waals surface area contributed by atoms with E-state index < -0.39 is 0 Å². The van der Waals surface area contributed by atoms with Crippen molar-refractivity contribution in [2.45, 2.75) is 52.2 Å². The van der Waals surface area contributed by atoms with Crippen LogP contribution < -0.4 is 10.1 Å². The van der Waals surface area contributed by atoms with Crippen molar-refractivity contribution in [1.82, 2.24) is 10.2 Å². The van der Waals surface area contributed by atoms with Crippen LogP contribution in [0.5, 0.6) is 5.75 Å². The first-order valence-electron chi connectivity index (χ1n) is 8.26. The largest absolute Gasteiger partial charge is 0.491 e. The van der Waals surface area contributed by atoms with Crippen LogP contribution >= 0.6 is 0 Å². The second-order valence-corrected chi connectivity index (χ2v) is 6.22. The number of rotatable bonds is 7. The smallest absolute Gasteiger partial charge is 0.229 e. The molecule has 0 radical (unpaired) electrons. The van der Waals surface area contributed by atoms with E-state index in [0.29, 0.717) is 0 Å². The summed E-state index contributed by atoms with van der Waals surface area (Å²) in [4.78, 5) is 36.3. The Labute approximate surface area is 142 Å². The number of nitrogens with zero attached hydrogens (tertiary/aromatic N) is 1. The fourth-order valence-corrected chi connectivity index (χ4v) is 2.61. The Morgan fingerprint density at radius 1 is 1.21 bits per heavy atom. The van der Waals surface area contributed by atoms with Gasteiger partial charge < -0.3 is 10.1 Å². The van der Waals surface area contributed by atoms with E-state index in [2.05, 4.69) is 5.32 Å². The van der Waals surface area contributed by atoms with Crippen molar-refractivity contribution in [2.75, 3.05) is 6.54 Å². The molecule has 3 amide bonds. The van der Waals surface area contributed by atoms with Gasteiger partial charge in [-0.05, 0) is 38.5 Å². The van der Waals surface area contributed by atoms with E-state index in [4.69, 9.17) is 4.74 Å². The van der Waals surface area contributed by atoms with Gasteiger partial charge >= 0.3 is 0 Å². The van der Waals surface area contributed by atoms with Gasteiger partial charge in [0.05, 0.1) is 12.1 Å². The maximum Gasteiger partial charge on any atom is 0.229 e. The second kappa shape index (κ2) is 7.95. The van der Waals surface area contributed by atoms with Crippen molar-refractivity contribution < 1.29 is 19.1 Å². The molecule has 6 nitrogen and oxygen atoms in total. The van der Waals surface area contributed by atoms with Crippen molar-refractivity contribution in [3.63, 3.8) is 0 Å². The van der Waals surface area contributed by atoms with Gasteiger partial charge in [0.15, 0.2) is 0 Å². The van der Waals surface area contributed by atoms with E-state index in [1.807, 2.05) is 45.0 Å². The first-order valence-corrected chi connectivity index (χ1v) is 8.26. The summed E-state index contributed by atoms with van der Waals surface area (Å²) < 4.78 is 5.65. The highest BCUT2D eigenvalue weighted by Crippen LogP contribution is 2.20. The lowest BCUT2D eigenvalue weighted by Gasteiger charge is -2.18. The topological polar surface area (TPSA) is 75.7 Å². The molecule has 1 N–H and O–H groups in total. The second-order valence-electron chi connectivity index (χ2n) is 6.22. The highest BCUT2D eigenvalue weighted by atomic mass is 16.5. The molecule has 1 heterocycles. The SMILES string of the molecule is CC(C)Oc1cccc([C@H](C)NC(=O)CCN2C(=O)CCC2=O)c1. The number of hydrogen-bond donors (Lipinski definition) is 1. The predicted octanol–water partition coefficient (Wildman–Crippen LogP) is 2.19. The zero-order valence-corrected chi connectivity index (χ0v) is 14.4. The number of ether oxygens (including phenoxy) is 1. The molecule has 0 spiro atoms. The van der Waals surface area contributed by atoms with Crippen LogP contribution in [0.15, 0.2) is 24.3 Å². The summed E-state index contributed by atoms with van der Waals surface area (Å²) in [7, 11) is 0. The van der Waals surface area contributed by atoms with Crippen molar-refractivity contribution in [3.8, 4) is 5.75 Å². The lowest BCUT2D eigenvalue weighted by molar-refractivity contribution is -0.138. The number of imide groups is 1. The van der Waals surface area contributed by atoms with Crippen molar-refractivity contribution in [3.05, 3.63) is 29.8 Å². The van der Waals surface area contributed by atoms with Gasteiger partial charge in [-0.3, -0.25) is 19.3 Å². The molecule has 1 aromatic rings. The van der Waals surface area contributed by atoms with Crippen molar-refractivity contribution >= 4 is 17.7 Å². The number of carbonyl (C=O) groups excluding carboxylic acids is 3. The monoisotopic (exact) mass is 332 g/mol. The van der Waals surface area contributed by atoms with Crippen LogP contribution in [0.2, 0.25) is 0 Å². The molecule has 0 unspecified atom stereocenters. The molecule has 24 heavy (non-hydrogen) atoms. The zero-order valence-electron chi connectivity index (χ0n) is 14.4. The highest BCUT2D eigenvalue weighted by molar-refractivity contribution is 6.02. The van der Waals surface area contributed by atoms with E-state index in [0.717, 1.165) is 11.3 Å². The average Bonchev–Trinajstić information content (AvgIpc) is 2.83. The molecular formula is C18H24N2O4. The summed E-state index contributed by atoms with van der Waals surface area (Å²) in [6.45, 7) is 5.95. The third kappa shape index (κ3) is 4.81. The third-order valence-electron chi connectivity index (χ3n) is 3.82. The molecule has 1 fully saturated rings. The zero-order chi connectivity index (χ0) is 17.7. The van der Waals surface area contributed by atoms with Gasteiger partial charge in [0, 0.05) is 25.8 Å². The standard InChI is InChI=1S/C18H24N2O4/c1-12(2)24-15-6-4-5-14(11-15)13(3)19-16(21)9-10-20-17(22)7-8-18(20)23/h4-6,11-13H,7-10H2,1-3H3,(H,19,21)/t13-/m0/s1. The maximum absolute atomic E-state index is 12.1. The van der Waals surface area contributed by atoms with Gasteiger partial charge in [0.25, 0.3) is 0 Å². The van der Waals surface area contributed by atoms with Crippen LogP contribution in [0.3, 0.4) is 0 Å². The summed E-state index contributed by atoms with van der Waals surface area (Å²) in [6, 6.07) is 7.41. The first kappa shape index (κ1) is 18.0. The molecule has 1 aliphatic heterocycles. The summed E-state index contributed by atoms with van der Waals surface area (Å²) in [5.41, 5.74) is 0.940. The average molecular weight is 332 g/mol. The first-order chi connectivity index (χ1) is 11.4. The Balaban J connectivity index is 1.87. The molecule has 1 atom stereocenters. The molecular weight excluding hydrogens is 308 g/mol. The highest BCUT2D eigenvalue weighted by Gasteiger charge is 2.28. The molecule has 1 saturated heterocycles. The van der Waals surface area contributed by atoms with Crippen LogP contribution in [0.1, 0.15) is 51.6 Å².